The van der Waals surface area contributed by atoms with E-state index in [0.29, 0.717) is 11.3 Å². The van der Waals surface area contributed by atoms with E-state index < -0.39 is 0 Å². The molecule has 1 aromatic carbocycles. The Labute approximate surface area is 123 Å². The fourth-order valence-electron chi connectivity index (χ4n) is 1.60. The van der Waals surface area contributed by atoms with Crippen molar-refractivity contribution in [1.82, 2.24) is 0 Å². The number of carbonyl (C=O) groups is 1. The second kappa shape index (κ2) is 8.38. The molecule has 0 aliphatic carbocycles. The summed E-state index contributed by atoms with van der Waals surface area (Å²) in [4.78, 5) is 13.0. The van der Waals surface area contributed by atoms with Gasteiger partial charge in [0.1, 0.15) is 0 Å². The summed E-state index contributed by atoms with van der Waals surface area (Å²) in [6, 6.07) is 1.49. The highest BCUT2D eigenvalue weighted by Crippen LogP contribution is 2.45. The minimum absolute atomic E-state index is 0.0315. The van der Waals surface area contributed by atoms with Crippen molar-refractivity contribution in [2.45, 2.75) is 36.5 Å². The minimum atomic E-state index is 0.0315. The molecule has 0 aliphatic rings. The van der Waals surface area contributed by atoms with E-state index in [0.717, 1.165) is 40.4 Å². The van der Waals surface area contributed by atoms with Crippen molar-refractivity contribution < 1.29 is 14.6 Å². The van der Waals surface area contributed by atoms with Gasteiger partial charge in [-0.3, -0.25) is 4.79 Å². The predicted molar refractivity (Wildman–Crippen MR) is 82.1 cm³/mol. The first-order valence-electron chi connectivity index (χ1n) is 6.34. The largest absolute Gasteiger partial charge is 0.504 e. The lowest BCUT2D eigenvalue weighted by Crippen LogP contribution is -1.96. The fourth-order valence-corrected chi connectivity index (χ4v) is 3.84. The smallest absolute Gasteiger partial charge is 0.175 e. The second-order valence-electron chi connectivity index (χ2n) is 3.99. The van der Waals surface area contributed by atoms with Crippen LogP contribution in [-0.2, 0) is 0 Å². The normalized spacial score (nSPS) is 10.5. The number of phenolic OH excluding ortho intramolecular Hbond substituents is 1. The third-order valence-electron chi connectivity index (χ3n) is 2.43. The Balaban J connectivity index is 3.29. The summed E-state index contributed by atoms with van der Waals surface area (Å²) >= 11 is 3.27. The molecule has 106 valence electrons. The highest BCUT2D eigenvalue weighted by atomic mass is 32.2. The standard InChI is InChI=1S/C14H20O3S2/c1-4-6-18-13-10(9-15)8-11(16)12(17-3)14(13)19-7-5-2/h8-9,16H,4-7H2,1-3H3. The molecule has 1 N–H and O–H groups in total. The van der Waals surface area contributed by atoms with Crippen LogP contribution in [0.4, 0.5) is 0 Å². The first kappa shape index (κ1) is 16.2. The van der Waals surface area contributed by atoms with E-state index in [1.807, 2.05) is 0 Å². The maximum absolute atomic E-state index is 11.2. The zero-order valence-corrected chi connectivity index (χ0v) is 13.2. The number of aromatic hydroxyl groups is 1. The van der Waals surface area contributed by atoms with Crippen LogP contribution < -0.4 is 4.74 Å². The first-order chi connectivity index (χ1) is 9.19. The van der Waals surface area contributed by atoms with E-state index in [1.165, 1.54) is 6.07 Å². The molecule has 0 aromatic heterocycles. The number of hydrogen-bond donors (Lipinski definition) is 1. The third kappa shape index (κ3) is 4.08. The molecule has 0 unspecified atom stereocenters. The van der Waals surface area contributed by atoms with Crippen LogP contribution in [0.3, 0.4) is 0 Å². The van der Waals surface area contributed by atoms with E-state index in [9.17, 15) is 9.90 Å². The van der Waals surface area contributed by atoms with Gasteiger partial charge in [-0.1, -0.05) is 13.8 Å². The molecule has 1 aromatic rings. The lowest BCUT2D eigenvalue weighted by atomic mass is 10.2. The maximum Gasteiger partial charge on any atom is 0.175 e. The van der Waals surface area contributed by atoms with E-state index >= 15 is 0 Å². The molecule has 0 saturated heterocycles. The average molecular weight is 300 g/mol. The van der Waals surface area contributed by atoms with Crippen LogP contribution in [0, 0.1) is 0 Å². The van der Waals surface area contributed by atoms with Gasteiger partial charge in [0.2, 0.25) is 0 Å². The van der Waals surface area contributed by atoms with Gasteiger partial charge in [-0.25, -0.2) is 0 Å². The van der Waals surface area contributed by atoms with Crippen LogP contribution in [0.15, 0.2) is 15.9 Å². The Morgan fingerprint density at radius 2 is 1.79 bits per heavy atom. The molecule has 0 aliphatic heterocycles. The summed E-state index contributed by atoms with van der Waals surface area (Å²) < 4.78 is 5.29. The van der Waals surface area contributed by atoms with E-state index in [1.54, 1.807) is 30.6 Å². The quantitative estimate of drug-likeness (QED) is 0.575. The Morgan fingerprint density at radius 3 is 2.26 bits per heavy atom. The van der Waals surface area contributed by atoms with Crippen molar-refractivity contribution in [3.05, 3.63) is 11.6 Å². The van der Waals surface area contributed by atoms with Crippen LogP contribution in [0.1, 0.15) is 37.0 Å². The van der Waals surface area contributed by atoms with Crippen molar-refractivity contribution in [2.75, 3.05) is 18.6 Å². The highest BCUT2D eigenvalue weighted by molar-refractivity contribution is 8.02. The summed E-state index contributed by atoms with van der Waals surface area (Å²) in [5, 5.41) is 9.95. The van der Waals surface area contributed by atoms with E-state index in [-0.39, 0.29) is 5.75 Å². The molecule has 1 rings (SSSR count). The van der Waals surface area contributed by atoms with Gasteiger partial charge in [-0.05, 0) is 30.4 Å². The Morgan fingerprint density at radius 1 is 1.21 bits per heavy atom. The maximum atomic E-state index is 11.2. The molecular weight excluding hydrogens is 280 g/mol. The number of carbonyl (C=O) groups excluding carboxylic acids is 1. The lowest BCUT2D eigenvalue weighted by molar-refractivity contribution is 0.112. The van der Waals surface area contributed by atoms with Crippen molar-refractivity contribution >= 4 is 29.8 Å². The van der Waals surface area contributed by atoms with Crippen LogP contribution in [0.2, 0.25) is 0 Å². The Bertz CT molecular complexity index is 433. The molecule has 0 radical (unpaired) electrons. The molecule has 0 bridgehead atoms. The number of methoxy groups -OCH3 is 1. The molecule has 0 spiro atoms. The van der Waals surface area contributed by atoms with E-state index in [2.05, 4.69) is 13.8 Å². The zero-order chi connectivity index (χ0) is 14.3. The van der Waals surface area contributed by atoms with Crippen molar-refractivity contribution in [3.8, 4) is 11.5 Å². The van der Waals surface area contributed by atoms with E-state index in [4.69, 9.17) is 4.74 Å². The fraction of sp³-hybridized carbons (Fsp3) is 0.500. The van der Waals surface area contributed by atoms with Gasteiger partial charge in [0.25, 0.3) is 0 Å². The summed E-state index contributed by atoms with van der Waals surface area (Å²) in [5.74, 6) is 2.37. The van der Waals surface area contributed by atoms with Crippen molar-refractivity contribution in [2.24, 2.45) is 0 Å². The molecule has 0 saturated carbocycles. The van der Waals surface area contributed by atoms with Crippen LogP contribution >= 0.6 is 23.5 Å². The van der Waals surface area contributed by atoms with Gasteiger partial charge in [0, 0.05) is 10.5 Å². The molecule has 0 amide bonds. The highest BCUT2D eigenvalue weighted by Gasteiger charge is 2.19. The predicted octanol–water partition coefficient (Wildman–Crippen LogP) is 4.22. The third-order valence-corrected chi connectivity index (χ3v) is 5.19. The van der Waals surface area contributed by atoms with Crippen LogP contribution in [-0.4, -0.2) is 30.0 Å². The number of ether oxygens (including phenoxy) is 1. The summed E-state index contributed by atoms with van der Waals surface area (Å²) in [5.41, 5.74) is 0.537. The monoisotopic (exact) mass is 300 g/mol. The number of phenols is 1. The minimum Gasteiger partial charge on any atom is -0.504 e. The molecule has 0 heterocycles. The number of benzene rings is 1. The molecule has 5 heteroatoms. The number of hydrogen-bond acceptors (Lipinski definition) is 5. The van der Waals surface area contributed by atoms with Gasteiger partial charge < -0.3 is 9.84 Å². The number of aldehydes is 1. The van der Waals surface area contributed by atoms with Gasteiger partial charge in [0.05, 0.1) is 12.0 Å². The first-order valence-corrected chi connectivity index (χ1v) is 8.31. The summed E-state index contributed by atoms with van der Waals surface area (Å²) in [7, 11) is 1.54. The number of rotatable bonds is 8. The van der Waals surface area contributed by atoms with Gasteiger partial charge in [0.15, 0.2) is 17.8 Å². The van der Waals surface area contributed by atoms with Gasteiger partial charge in [-0.15, -0.1) is 23.5 Å². The van der Waals surface area contributed by atoms with Gasteiger partial charge in [-0.2, -0.15) is 0 Å². The topological polar surface area (TPSA) is 46.5 Å². The zero-order valence-electron chi connectivity index (χ0n) is 11.6. The van der Waals surface area contributed by atoms with Gasteiger partial charge >= 0.3 is 0 Å². The van der Waals surface area contributed by atoms with Crippen LogP contribution in [0.25, 0.3) is 0 Å². The van der Waals surface area contributed by atoms with Crippen molar-refractivity contribution in [1.29, 1.82) is 0 Å². The molecule has 0 atom stereocenters. The summed E-state index contributed by atoms with van der Waals surface area (Å²) in [6.45, 7) is 4.20. The Kier molecular flexibility index (Phi) is 7.16. The van der Waals surface area contributed by atoms with Crippen molar-refractivity contribution in [3.63, 3.8) is 0 Å². The Hall–Kier alpha value is -0.810. The molecular formula is C14H20O3S2. The lowest BCUT2D eigenvalue weighted by Gasteiger charge is -2.16. The number of thioether (sulfide) groups is 2. The molecule has 19 heavy (non-hydrogen) atoms. The second-order valence-corrected chi connectivity index (χ2v) is 6.20. The molecule has 0 fully saturated rings. The SMILES string of the molecule is CCCSc1c(C=O)cc(O)c(OC)c1SCCC. The summed E-state index contributed by atoms with van der Waals surface area (Å²) in [6.07, 6.45) is 2.86. The average Bonchev–Trinajstić information content (AvgIpc) is 2.42. The van der Waals surface area contributed by atoms with Crippen LogP contribution in [0.5, 0.6) is 11.5 Å². The molecule has 3 nitrogen and oxygen atoms in total.